The molecule has 1 atom stereocenters. The lowest BCUT2D eigenvalue weighted by Crippen LogP contribution is -2.21. The van der Waals surface area contributed by atoms with Gasteiger partial charge in [0.2, 0.25) is 0 Å². The van der Waals surface area contributed by atoms with Crippen LogP contribution in [0.15, 0.2) is 41.8 Å². The molecule has 0 spiro atoms. The van der Waals surface area contributed by atoms with Crippen molar-refractivity contribution in [2.24, 2.45) is 5.92 Å². The Balaban J connectivity index is 2.31. The number of hydrogen-bond acceptors (Lipinski definition) is 2. The molecular formula is C12H12OS. The first-order valence-electron chi connectivity index (χ1n) is 4.70. The minimum Gasteiger partial charge on any atom is -0.294 e. The second-order valence-corrected chi connectivity index (χ2v) is 4.45. The van der Waals surface area contributed by atoms with Crippen LogP contribution in [0.25, 0.3) is 0 Å². The van der Waals surface area contributed by atoms with Gasteiger partial charge in [0.05, 0.1) is 0 Å². The molecule has 2 rings (SSSR count). The molecule has 0 unspecified atom stereocenters. The molecule has 0 fully saturated rings. The first-order valence-corrected chi connectivity index (χ1v) is 5.68. The monoisotopic (exact) mass is 204 g/mol. The quantitative estimate of drug-likeness (QED) is 0.688. The number of carbonyl (C=O) groups is 1. The zero-order valence-corrected chi connectivity index (χ0v) is 8.72. The molecule has 0 aliphatic carbocycles. The number of thioether (sulfide) groups is 1. The predicted octanol–water partition coefficient (Wildman–Crippen LogP) is 3.17. The minimum atomic E-state index is 0.132. The summed E-state index contributed by atoms with van der Waals surface area (Å²) in [4.78, 5) is 13.1. The van der Waals surface area contributed by atoms with E-state index in [1.807, 2.05) is 30.3 Å². The van der Waals surface area contributed by atoms with E-state index in [1.165, 1.54) is 0 Å². The topological polar surface area (TPSA) is 17.1 Å². The molecule has 2 heteroatoms. The van der Waals surface area contributed by atoms with Crippen molar-refractivity contribution < 1.29 is 4.79 Å². The number of allylic oxidation sites excluding steroid dienone is 1. The van der Waals surface area contributed by atoms with Crippen molar-refractivity contribution in [3.63, 3.8) is 0 Å². The molecule has 0 bridgehead atoms. The van der Waals surface area contributed by atoms with Crippen LogP contribution < -0.4 is 0 Å². The first kappa shape index (κ1) is 9.53. The number of carbonyl (C=O) groups excluding carboxylic acids is 1. The van der Waals surface area contributed by atoms with E-state index in [0.717, 1.165) is 22.6 Å². The maximum atomic E-state index is 11.9. The third-order valence-corrected chi connectivity index (χ3v) is 3.65. The fourth-order valence-corrected chi connectivity index (χ4v) is 2.83. The van der Waals surface area contributed by atoms with Crippen LogP contribution in [0.1, 0.15) is 16.8 Å². The highest BCUT2D eigenvalue weighted by atomic mass is 32.2. The van der Waals surface area contributed by atoms with Crippen molar-refractivity contribution in [1.82, 2.24) is 0 Å². The van der Waals surface area contributed by atoms with Crippen molar-refractivity contribution >= 4 is 17.5 Å². The van der Waals surface area contributed by atoms with E-state index in [0.29, 0.717) is 0 Å². The summed E-state index contributed by atoms with van der Waals surface area (Å²) >= 11 is 1.77. The first-order chi connectivity index (χ1) is 6.83. The Morgan fingerprint density at radius 1 is 1.50 bits per heavy atom. The third kappa shape index (κ3) is 1.62. The second kappa shape index (κ2) is 4.01. The molecule has 0 aromatic heterocycles. The van der Waals surface area contributed by atoms with E-state index in [1.54, 1.807) is 11.8 Å². The summed E-state index contributed by atoms with van der Waals surface area (Å²) in [6.07, 6.45) is 2.62. The van der Waals surface area contributed by atoms with E-state index < -0.39 is 0 Å². The highest BCUT2D eigenvalue weighted by molar-refractivity contribution is 7.99. The summed E-state index contributed by atoms with van der Waals surface area (Å²) in [5.41, 5.74) is 0.885. The van der Waals surface area contributed by atoms with Gasteiger partial charge in [0, 0.05) is 22.1 Å². The predicted molar refractivity (Wildman–Crippen MR) is 59.8 cm³/mol. The maximum Gasteiger partial charge on any atom is 0.168 e. The van der Waals surface area contributed by atoms with Crippen molar-refractivity contribution in [3.8, 4) is 0 Å². The Labute approximate surface area is 88.2 Å². The Bertz CT molecular complexity index is 370. The average molecular weight is 204 g/mol. The van der Waals surface area contributed by atoms with Gasteiger partial charge in [-0.2, -0.15) is 0 Å². The molecule has 0 saturated heterocycles. The summed E-state index contributed by atoms with van der Waals surface area (Å²) in [5, 5.41) is 0. The molecule has 0 amide bonds. The Morgan fingerprint density at radius 2 is 2.29 bits per heavy atom. The molecule has 1 aromatic carbocycles. The zero-order chi connectivity index (χ0) is 9.97. The van der Waals surface area contributed by atoms with Crippen LogP contribution in [-0.2, 0) is 0 Å². The van der Waals surface area contributed by atoms with Crippen molar-refractivity contribution in [2.45, 2.75) is 11.3 Å². The lowest BCUT2D eigenvalue weighted by Gasteiger charge is -2.21. The molecule has 0 N–H and O–H groups in total. The molecular weight excluding hydrogens is 192 g/mol. The number of hydrogen-bond donors (Lipinski definition) is 0. The Kier molecular flexibility index (Phi) is 2.73. The van der Waals surface area contributed by atoms with Crippen LogP contribution in [0.5, 0.6) is 0 Å². The van der Waals surface area contributed by atoms with Gasteiger partial charge >= 0.3 is 0 Å². The van der Waals surface area contributed by atoms with Crippen molar-refractivity contribution in [3.05, 3.63) is 42.5 Å². The largest absolute Gasteiger partial charge is 0.294 e. The van der Waals surface area contributed by atoms with Gasteiger partial charge in [-0.05, 0) is 12.5 Å². The number of ketones is 1. The number of rotatable bonds is 2. The number of Topliss-reactive ketones (excluding diaryl/α,β-unsaturated/α-hetero) is 1. The van der Waals surface area contributed by atoms with Gasteiger partial charge in [-0.3, -0.25) is 4.79 Å². The minimum absolute atomic E-state index is 0.132. The van der Waals surface area contributed by atoms with Gasteiger partial charge in [-0.1, -0.05) is 24.3 Å². The molecule has 1 aliphatic heterocycles. The number of fused-ring (bicyclic) bond motifs is 1. The van der Waals surface area contributed by atoms with Gasteiger partial charge < -0.3 is 0 Å². The van der Waals surface area contributed by atoms with E-state index in [9.17, 15) is 4.79 Å². The average Bonchev–Trinajstić information content (AvgIpc) is 2.23. The van der Waals surface area contributed by atoms with Crippen molar-refractivity contribution in [1.29, 1.82) is 0 Å². The van der Waals surface area contributed by atoms with Crippen molar-refractivity contribution in [2.75, 3.05) is 5.75 Å². The SMILES string of the molecule is C=CC[C@H]1CSc2ccccc2C1=O. The standard InChI is InChI=1S/C12H12OS/c1-2-5-9-8-14-11-7-4-3-6-10(11)12(9)13/h2-4,6-7,9H,1,5,8H2/t9-/m0/s1. The van der Waals surface area contributed by atoms with E-state index >= 15 is 0 Å². The maximum absolute atomic E-state index is 11.9. The van der Waals surface area contributed by atoms with Crippen LogP contribution in [0, 0.1) is 5.92 Å². The van der Waals surface area contributed by atoms with E-state index in [4.69, 9.17) is 0 Å². The van der Waals surface area contributed by atoms with Gasteiger partial charge in [0.25, 0.3) is 0 Å². The van der Waals surface area contributed by atoms with Crippen LogP contribution >= 0.6 is 11.8 Å². The van der Waals surface area contributed by atoms with Gasteiger partial charge in [0.1, 0.15) is 0 Å². The lowest BCUT2D eigenvalue weighted by molar-refractivity contribution is 0.0928. The molecule has 1 aliphatic rings. The van der Waals surface area contributed by atoms with Crippen LogP contribution in [0.3, 0.4) is 0 Å². The van der Waals surface area contributed by atoms with E-state index in [2.05, 4.69) is 6.58 Å². The summed E-state index contributed by atoms with van der Waals surface area (Å²) in [5.74, 6) is 1.30. The molecule has 0 saturated carbocycles. The highest BCUT2D eigenvalue weighted by Gasteiger charge is 2.26. The van der Waals surface area contributed by atoms with Crippen LogP contribution in [-0.4, -0.2) is 11.5 Å². The highest BCUT2D eigenvalue weighted by Crippen LogP contribution is 2.33. The van der Waals surface area contributed by atoms with E-state index in [-0.39, 0.29) is 11.7 Å². The summed E-state index contributed by atoms with van der Waals surface area (Å²) in [6.45, 7) is 3.68. The molecule has 14 heavy (non-hydrogen) atoms. The van der Waals surface area contributed by atoms with Crippen LogP contribution in [0.4, 0.5) is 0 Å². The third-order valence-electron chi connectivity index (χ3n) is 2.41. The second-order valence-electron chi connectivity index (χ2n) is 3.39. The summed E-state index contributed by atoms with van der Waals surface area (Å²) in [6, 6.07) is 7.84. The summed E-state index contributed by atoms with van der Waals surface area (Å²) in [7, 11) is 0. The molecule has 1 nitrogen and oxygen atoms in total. The molecule has 1 heterocycles. The lowest BCUT2D eigenvalue weighted by atomic mass is 9.96. The summed E-state index contributed by atoms with van der Waals surface area (Å²) < 4.78 is 0. The molecule has 72 valence electrons. The zero-order valence-electron chi connectivity index (χ0n) is 7.90. The van der Waals surface area contributed by atoms with Gasteiger partial charge in [-0.15, -0.1) is 18.3 Å². The smallest absolute Gasteiger partial charge is 0.168 e. The molecule has 1 aromatic rings. The fourth-order valence-electron chi connectivity index (χ4n) is 1.66. The Hall–Kier alpha value is -1.02. The fraction of sp³-hybridized carbons (Fsp3) is 0.250. The normalized spacial score (nSPS) is 20.3. The number of benzene rings is 1. The molecule has 0 radical (unpaired) electrons. The van der Waals surface area contributed by atoms with Gasteiger partial charge in [0.15, 0.2) is 5.78 Å². The van der Waals surface area contributed by atoms with Crippen LogP contribution in [0.2, 0.25) is 0 Å². The Morgan fingerprint density at radius 3 is 3.07 bits per heavy atom. The van der Waals surface area contributed by atoms with Gasteiger partial charge in [-0.25, -0.2) is 0 Å².